The van der Waals surface area contributed by atoms with Crippen molar-refractivity contribution in [3.8, 4) is 0 Å². The molecule has 0 unspecified atom stereocenters. The molecule has 0 radical (unpaired) electrons. The highest BCUT2D eigenvalue weighted by Crippen LogP contribution is 2.05. The lowest BCUT2D eigenvalue weighted by Crippen LogP contribution is -2.25. The molecule has 0 fully saturated rings. The normalized spacial score (nSPS) is 10.3. The maximum absolute atomic E-state index is 11.9. The summed E-state index contributed by atoms with van der Waals surface area (Å²) < 4.78 is 1.24. The summed E-state index contributed by atoms with van der Waals surface area (Å²) in [5.74, 6) is -1.10. The van der Waals surface area contributed by atoms with E-state index in [1.165, 1.54) is 16.8 Å². The van der Waals surface area contributed by atoms with Gasteiger partial charge in [0.15, 0.2) is 0 Å². The van der Waals surface area contributed by atoms with Gasteiger partial charge in [0, 0.05) is 20.2 Å². The fourth-order valence-electron chi connectivity index (χ4n) is 1.63. The molecule has 2 heterocycles. The summed E-state index contributed by atoms with van der Waals surface area (Å²) in [5, 5.41) is 12.9. The summed E-state index contributed by atoms with van der Waals surface area (Å²) in [5.41, 5.74) is 0.856. The Morgan fingerprint density at radius 2 is 2.15 bits per heavy atom. The number of anilines is 1. The van der Waals surface area contributed by atoms with Gasteiger partial charge in [-0.3, -0.25) is 4.79 Å². The van der Waals surface area contributed by atoms with Crippen molar-refractivity contribution in [2.24, 2.45) is 0 Å². The highest BCUT2D eigenvalue weighted by atomic mass is 16.4. The van der Waals surface area contributed by atoms with Gasteiger partial charge in [0.25, 0.3) is 5.56 Å². The molecule has 20 heavy (non-hydrogen) atoms. The summed E-state index contributed by atoms with van der Waals surface area (Å²) in [6.07, 6.45) is 1.57. The van der Waals surface area contributed by atoms with Crippen LogP contribution in [0.25, 0.3) is 0 Å². The topological polar surface area (TPSA) is 88.3 Å². The van der Waals surface area contributed by atoms with Gasteiger partial charge in [0.1, 0.15) is 5.69 Å². The molecular weight excluding hydrogens is 260 g/mol. The SMILES string of the molecule is CN(C)c1cnn(Cc2cccc(C(=O)O)n2)c(=O)c1. The van der Waals surface area contributed by atoms with Gasteiger partial charge in [0.05, 0.1) is 24.1 Å². The van der Waals surface area contributed by atoms with Gasteiger partial charge < -0.3 is 10.0 Å². The molecular formula is C13H14N4O3. The van der Waals surface area contributed by atoms with Crippen molar-refractivity contribution in [2.75, 3.05) is 19.0 Å². The summed E-state index contributed by atoms with van der Waals surface area (Å²) in [4.78, 5) is 28.5. The quantitative estimate of drug-likeness (QED) is 0.871. The number of pyridine rings is 1. The van der Waals surface area contributed by atoms with Crippen LogP contribution < -0.4 is 10.5 Å². The van der Waals surface area contributed by atoms with Crippen LogP contribution >= 0.6 is 0 Å². The first-order valence-electron chi connectivity index (χ1n) is 5.91. The minimum Gasteiger partial charge on any atom is -0.477 e. The van der Waals surface area contributed by atoms with E-state index in [-0.39, 0.29) is 17.8 Å². The zero-order valence-electron chi connectivity index (χ0n) is 11.1. The first-order valence-corrected chi connectivity index (χ1v) is 5.91. The van der Waals surface area contributed by atoms with Crippen LogP contribution in [0.1, 0.15) is 16.2 Å². The van der Waals surface area contributed by atoms with Crippen LogP contribution in [-0.4, -0.2) is 39.9 Å². The Bertz CT molecular complexity index is 694. The third-order valence-corrected chi connectivity index (χ3v) is 2.71. The molecule has 0 saturated heterocycles. The van der Waals surface area contributed by atoms with E-state index in [1.54, 1.807) is 23.2 Å². The van der Waals surface area contributed by atoms with Crippen molar-refractivity contribution < 1.29 is 9.90 Å². The second kappa shape index (κ2) is 5.52. The largest absolute Gasteiger partial charge is 0.477 e. The standard InChI is InChI=1S/C13H14N4O3/c1-16(2)10-6-12(18)17(14-7-10)8-9-4-3-5-11(15-9)13(19)20/h3-7H,8H2,1-2H3,(H,19,20). The average Bonchev–Trinajstić information content (AvgIpc) is 2.41. The third kappa shape index (κ3) is 3.00. The molecule has 104 valence electrons. The Kier molecular flexibility index (Phi) is 3.79. The van der Waals surface area contributed by atoms with E-state index >= 15 is 0 Å². The van der Waals surface area contributed by atoms with Gasteiger partial charge in [-0.2, -0.15) is 5.10 Å². The smallest absolute Gasteiger partial charge is 0.354 e. The zero-order chi connectivity index (χ0) is 14.7. The maximum Gasteiger partial charge on any atom is 0.354 e. The number of nitrogens with zero attached hydrogens (tertiary/aromatic N) is 4. The third-order valence-electron chi connectivity index (χ3n) is 2.71. The monoisotopic (exact) mass is 274 g/mol. The molecule has 1 N–H and O–H groups in total. The van der Waals surface area contributed by atoms with Gasteiger partial charge in [0.2, 0.25) is 0 Å². The van der Waals surface area contributed by atoms with Crippen LogP contribution in [0.4, 0.5) is 5.69 Å². The van der Waals surface area contributed by atoms with Crippen LogP contribution in [0.15, 0.2) is 35.3 Å². The number of hydrogen-bond acceptors (Lipinski definition) is 5. The van der Waals surface area contributed by atoms with Gasteiger partial charge in [-0.15, -0.1) is 0 Å². The summed E-state index contributed by atoms with van der Waals surface area (Å²) >= 11 is 0. The van der Waals surface area contributed by atoms with E-state index in [4.69, 9.17) is 5.11 Å². The molecule has 0 spiro atoms. The van der Waals surface area contributed by atoms with E-state index < -0.39 is 5.97 Å². The first kappa shape index (κ1) is 13.7. The summed E-state index contributed by atoms with van der Waals surface area (Å²) in [7, 11) is 3.64. The molecule has 2 rings (SSSR count). The minimum absolute atomic E-state index is 0.0551. The molecule has 0 saturated carbocycles. The van der Waals surface area contributed by atoms with Crippen LogP contribution in [0, 0.1) is 0 Å². The lowest BCUT2D eigenvalue weighted by atomic mass is 10.3. The highest BCUT2D eigenvalue weighted by Gasteiger charge is 2.07. The van der Waals surface area contributed by atoms with Gasteiger partial charge >= 0.3 is 5.97 Å². The predicted octanol–water partition coefficient (Wildman–Crippen LogP) is 0.451. The van der Waals surface area contributed by atoms with Crippen molar-refractivity contribution >= 4 is 11.7 Å². The molecule has 0 bridgehead atoms. The summed E-state index contributed by atoms with van der Waals surface area (Å²) in [6.45, 7) is 0.133. The molecule has 2 aromatic rings. The van der Waals surface area contributed by atoms with E-state index in [0.29, 0.717) is 11.4 Å². The molecule has 7 nitrogen and oxygen atoms in total. The number of hydrogen-bond donors (Lipinski definition) is 1. The molecule has 2 aromatic heterocycles. The molecule has 0 atom stereocenters. The number of carboxylic acids is 1. The molecule has 0 amide bonds. The van der Waals surface area contributed by atoms with E-state index in [9.17, 15) is 9.59 Å². The van der Waals surface area contributed by atoms with E-state index in [1.807, 2.05) is 14.1 Å². The van der Waals surface area contributed by atoms with Crippen molar-refractivity contribution in [1.29, 1.82) is 0 Å². The molecule has 7 heteroatoms. The Morgan fingerprint density at radius 1 is 1.40 bits per heavy atom. The van der Waals surface area contributed by atoms with Crippen molar-refractivity contribution in [1.82, 2.24) is 14.8 Å². The Balaban J connectivity index is 2.28. The van der Waals surface area contributed by atoms with Crippen LogP contribution in [0.3, 0.4) is 0 Å². The zero-order valence-corrected chi connectivity index (χ0v) is 11.1. The number of rotatable bonds is 4. The van der Waals surface area contributed by atoms with Crippen molar-refractivity contribution in [2.45, 2.75) is 6.54 Å². The molecule has 0 aliphatic carbocycles. The molecule has 0 aliphatic heterocycles. The summed E-state index contributed by atoms with van der Waals surface area (Å²) in [6, 6.07) is 6.11. The fraction of sp³-hybridized carbons (Fsp3) is 0.231. The van der Waals surface area contributed by atoms with Gasteiger partial charge in [-0.1, -0.05) is 6.07 Å². The van der Waals surface area contributed by atoms with Gasteiger partial charge in [-0.05, 0) is 12.1 Å². The van der Waals surface area contributed by atoms with Crippen LogP contribution in [0.5, 0.6) is 0 Å². The Labute approximate surface area is 115 Å². The number of aromatic nitrogens is 3. The number of carboxylic acid groups (broad SMARTS) is 1. The van der Waals surface area contributed by atoms with Crippen molar-refractivity contribution in [3.63, 3.8) is 0 Å². The van der Waals surface area contributed by atoms with Gasteiger partial charge in [-0.25, -0.2) is 14.5 Å². The van der Waals surface area contributed by atoms with E-state index in [0.717, 1.165) is 0 Å². The van der Waals surface area contributed by atoms with Crippen LogP contribution in [0.2, 0.25) is 0 Å². The average molecular weight is 274 g/mol. The second-order valence-corrected chi connectivity index (χ2v) is 4.42. The molecule has 0 aliphatic rings. The number of carbonyl (C=O) groups is 1. The fourth-order valence-corrected chi connectivity index (χ4v) is 1.63. The lowest BCUT2D eigenvalue weighted by Gasteiger charge is -2.12. The molecule has 0 aromatic carbocycles. The second-order valence-electron chi connectivity index (χ2n) is 4.42. The Hall–Kier alpha value is -2.70. The minimum atomic E-state index is -1.10. The van der Waals surface area contributed by atoms with E-state index in [2.05, 4.69) is 10.1 Å². The first-order chi connectivity index (χ1) is 9.47. The predicted molar refractivity (Wildman–Crippen MR) is 73.1 cm³/mol. The van der Waals surface area contributed by atoms with Crippen molar-refractivity contribution in [3.05, 3.63) is 52.2 Å². The van der Waals surface area contributed by atoms with Crippen LogP contribution in [-0.2, 0) is 6.54 Å². The maximum atomic E-state index is 11.9. The number of aromatic carboxylic acids is 1. The Morgan fingerprint density at radius 3 is 2.75 bits per heavy atom. The lowest BCUT2D eigenvalue weighted by molar-refractivity contribution is 0.0690. The highest BCUT2D eigenvalue weighted by molar-refractivity contribution is 5.85.